The summed E-state index contributed by atoms with van der Waals surface area (Å²) < 4.78 is 17.0. The van der Waals surface area contributed by atoms with Crippen LogP contribution in [0.2, 0.25) is 0 Å². The molecule has 0 aliphatic carbocycles. The molecule has 1 aliphatic heterocycles. The number of esters is 3. The van der Waals surface area contributed by atoms with Gasteiger partial charge in [0.15, 0.2) is 0 Å². The molecule has 0 radical (unpaired) electrons. The molecule has 0 N–H and O–H groups in total. The molecule has 272 valence electrons. The first-order valence-electron chi connectivity index (χ1n) is 17.0. The summed E-state index contributed by atoms with van der Waals surface area (Å²) in [6.07, 6.45) is 2.98. The number of ether oxygens (including phenoxy) is 3. The van der Waals surface area contributed by atoms with Crippen molar-refractivity contribution in [3.05, 3.63) is 36.4 Å². The number of aromatic nitrogens is 4. The number of hydrogen-bond donors (Lipinski definition) is 0. The molecule has 2 aromatic heterocycles. The van der Waals surface area contributed by atoms with E-state index in [4.69, 9.17) is 19.2 Å². The van der Waals surface area contributed by atoms with Gasteiger partial charge >= 0.3 is 17.9 Å². The molecule has 0 amide bonds. The summed E-state index contributed by atoms with van der Waals surface area (Å²) >= 11 is 0. The quantitative estimate of drug-likeness (QED) is 0.282. The van der Waals surface area contributed by atoms with Gasteiger partial charge in [-0.2, -0.15) is 5.10 Å². The maximum absolute atomic E-state index is 13.0. The van der Waals surface area contributed by atoms with Gasteiger partial charge in [0, 0.05) is 58.9 Å². The van der Waals surface area contributed by atoms with Crippen LogP contribution in [0.25, 0.3) is 11.4 Å². The SMILES string of the molecule is CC(C)(C)OC(=O)CN1CCN(CC(=O)OC(C)(C)C)CCN(Cc2cccc(-c3cnncn3)n2)CCN(CC(=O)OC(C)(C)C)CC1. The maximum atomic E-state index is 13.0. The lowest BCUT2D eigenvalue weighted by atomic mass is 10.2. The fourth-order valence-corrected chi connectivity index (χ4v) is 5.19. The molecule has 0 bridgehead atoms. The average molecular weight is 685 g/mol. The number of pyridine rings is 1. The van der Waals surface area contributed by atoms with Crippen LogP contribution in [-0.2, 0) is 35.1 Å². The van der Waals surface area contributed by atoms with Gasteiger partial charge in [-0.15, -0.1) is 5.10 Å². The number of carbonyl (C=O) groups is 3. The van der Waals surface area contributed by atoms with Crippen LogP contribution in [0.1, 0.15) is 68.0 Å². The number of rotatable bonds is 9. The highest BCUT2D eigenvalue weighted by molar-refractivity contribution is 5.73. The minimum atomic E-state index is -0.612. The summed E-state index contributed by atoms with van der Waals surface area (Å²) in [6, 6.07) is 5.80. The zero-order chi connectivity index (χ0) is 36.2. The van der Waals surface area contributed by atoms with Crippen molar-refractivity contribution in [2.45, 2.75) is 85.7 Å². The first-order chi connectivity index (χ1) is 22.8. The van der Waals surface area contributed by atoms with Crippen LogP contribution in [0.3, 0.4) is 0 Å². The fraction of sp³-hybridized carbons (Fsp3) is 0.686. The third-order valence-corrected chi connectivity index (χ3v) is 7.20. The van der Waals surface area contributed by atoms with Crippen LogP contribution in [0, 0.1) is 0 Å². The predicted molar refractivity (Wildman–Crippen MR) is 185 cm³/mol. The second-order valence-electron chi connectivity index (χ2n) is 15.4. The normalized spacial score (nSPS) is 17.1. The highest BCUT2D eigenvalue weighted by Crippen LogP contribution is 2.15. The molecule has 3 heterocycles. The smallest absolute Gasteiger partial charge is 0.320 e. The molecule has 49 heavy (non-hydrogen) atoms. The Labute approximate surface area is 291 Å². The second-order valence-corrected chi connectivity index (χ2v) is 15.4. The monoisotopic (exact) mass is 684 g/mol. The molecular formula is C35H56N8O6. The summed E-state index contributed by atoms with van der Waals surface area (Å²) in [7, 11) is 0. The molecule has 0 spiro atoms. The van der Waals surface area contributed by atoms with Gasteiger partial charge in [0.2, 0.25) is 0 Å². The van der Waals surface area contributed by atoms with Gasteiger partial charge in [-0.25, -0.2) is 9.97 Å². The van der Waals surface area contributed by atoms with Crippen LogP contribution in [0.15, 0.2) is 30.7 Å². The van der Waals surface area contributed by atoms with Crippen molar-refractivity contribution in [3.8, 4) is 11.4 Å². The second kappa shape index (κ2) is 17.9. The number of nitrogens with zero attached hydrogens (tertiary/aromatic N) is 8. The van der Waals surface area contributed by atoms with E-state index in [1.807, 2.05) is 85.4 Å². The van der Waals surface area contributed by atoms with E-state index in [9.17, 15) is 14.4 Å². The maximum Gasteiger partial charge on any atom is 0.320 e. The van der Waals surface area contributed by atoms with Gasteiger partial charge in [-0.3, -0.25) is 34.0 Å². The van der Waals surface area contributed by atoms with Crippen molar-refractivity contribution >= 4 is 17.9 Å². The largest absolute Gasteiger partial charge is 0.459 e. The Morgan fingerprint density at radius 1 is 0.592 bits per heavy atom. The molecule has 0 saturated carbocycles. The highest BCUT2D eigenvalue weighted by atomic mass is 16.6. The molecule has 2 aromatic rings. The van der Waals surface area contributed by atoms with Gasteiger partial charge in [0.05, 0.1) is 37.2 Å². The zero-order valence-corrected chi connectivity index (χ0v) is 30.9. The van der Waals surface area contributed by atoms with Gasteiger partial charge in [-0.05, 0) is 74.4 Å². The molecule has 14 nitrogen and oxygen atoms in total. The summed E-state index contributed by atoms with van der Waals surface area (Å²) in [5.41, 5.74) is 0.360. The van der Waals surface area contributed by atoms with E-state index in [1.165, 1.54) is 6.33 Å². The summed E-state index contributed by atoms with van der Waals surface area (Å²) in [5, 5.41) is 7.70. The van der Waals surface area contributed by atoms with E-state index in [1.54, 1.807) is 6.20 Å². The Morgan fingerprint density at radius 3 is 1.37 bits per heavy atom. The van der Waals surface area contributed by atoms with Crippen molar-refractivity contribution in [3.63, 3.8) is 0 Å². The molecule has 1 saturated heterocycles. The number of carbonyl (C=O) groups excluding carboxylic acids is 3. The van der Waals surface area contributed by atoms with Crippen molar-refractivity contribution in [2.24, 2.45) is 0 Å². The van der Waals surface area contributed by atoms with Crippen molar-refractivity contribution in [1.29, 1.82) is 0 Å². The molecule has 0 atom stereocenters. The van der Waals surface area contributed by atoms with E-state index >= 15 is 0 Å². The molecule has 3 rings (SSSR count). The fourth-order valence-electron chi connectivity index (χ4n) is 5.19. The Morgan fingerprint density at radius 2 is 1.00 bits per heavy atom. The van der Waals surface area contributed by atoms with Crippen molar-refractivity contribution in [1.82, 2.24) is 39.8 Å². The predicted octanol–water partition coefficient (Wildman–Crippen LogP) is 2.68. The van der Waals surface area contributed by atoms with Crippen LogP contribution < -0.4 is 0 Å². The molecule has 0 aromatic carbocycles. The zero-order valence-electron chi connectivity index (χ0n) is 30.9. The lowest BCUT2D eigenvalue weighted by Gasteiger charge is -2.34. The first kappa shape index (κ1) is 39.8. The lowest BCUT2D eigenvalue weighted by Crippen LogP contribution is -2.49. The summed E-state index contributed by atoms with van der Waals surface area (Å²) in [4.78, 5) is 56.4. The van der Waals surface area contributed by atoms with E-state index in [-0.39, 0.29) is 37.5 Å². The third kappa shape index (κ3) is 16.6. The van der Waals surface area contributed by atoms with Crippen LogP contribution >= 0.6 is 0 Å². The molecule has 0 unspecified atom stereocenters. The number of hydrogen-bond acceptors (Lipinski definition) is 14. The van der Waals surface area contributed by atoms with E-state index in [0.29, 0.717) is 70.3 Å². The molecule has 14 heteroatoms. The summed E-state index contributed by atoms with van der Waals surface area (Å²) in [5.74, 6) is -0.932. The topological polar surface area (TPSA) is 143 Å². The lowest BCUT2D eigenvalue weighted by molar-refractivity contribution is -0.158. The van der Waals surface area contributed by atoms with Crippen LogP contribution in [0.4, 0.5) is 0 Å². The Bertz CT molecular complexity index is 1310. The van der Waals surface area contributed by atoms with E-state index in [2.05, 4.69) is 29.9 Å². The first-order valence-corrected chi connectivity index (χ1v) is 17.0. The standard InChI is InChI=1S/C35H56N8O6/c1-33(2,3)47-30(44)23-41-15-13-40(22-27-11-10-12-28(39-27)29-21-37-38-26-36-29)14-16-42(24-31(45)48-34(4,5)6)18-20-43(19-17-41)25-32(46)49-35(7,8)9/h10-12,21,26H,13-20,22-25H2,1-9H3. The molecular weight excluding hydrogens is 628 g/mol. The molecule has 1 aliphatic rings. The average Bonchev–Trinajstić information content (AvgIpc) is 2.96. The van der Waals surface area contributed by atoms with Gasteiger partial charge < -0.3 is 14.2 Å². The highest BCUT2D eigenvalue weighted by Gasteiger charge is 2.25. The minimum absolute atomic E-state index is 0.0911. The van der Waals surface area contributed by atoms with E-state index in [0.717, 1.165) is 5.69 Å². The van der Waals surface area contributed by atoms with Crippen molar-refractivity contribution in [2.75, 3.05) is 72.0 Å². The Kier molecular flexibility index (Phi) is 14.5. The summed E-state index contributed by atoms with van der Waals surface area (Å²) in [6.45, 7) is 22.0. The Hall–Kier alpha value is -3.59. The van der Waals surface area contributed by atoms with Crippen molar-refractivity contribution < 1.29 is 28.6 Å². The van der Waals surface area contributed by atoms with Gasteiger partial charge in [0.1, 0.15) is 28.8 Å². The van der Waals surface area contributed by atoms with Crippen LogP contribution in [-0.4, -0.2) is 146 Å². The minimum Gasteiger partial charge on any atom is -0.459 e. The molecule has 1 fully saturated rings. The van der Waals surface area contributed by atoms with Gasteiger partial charge in [0.25, 0.3) is 0 Å². The van der Waals surface area contributed by atoms with Crippen LogP contribution in [0.5, 0.6) is 0 Å². The Balaban J connectivity index is 1.86. The van der Waals surface area contributed by atoms with E-state index < -0.39 is 16.8 Å². The third-order valence-electron chi connectivity index (χ3n) is 7.20. The van der Waals surface area contributed by atoms with Gasteiger partial charge in [-0.1, -0.05) is 6.07 Å².